The molecule has 2 rings (SSSR count). The highest BCUT2D eigenvalue weighted by molar-refractivity contribution is 8.00. The maximum atomic E-state index is 5.47. The molecular weight excluding hydrogens is 208 g/mol. The van der Waals surface area contributed by atoms with Crippen molar-refractivity contribution in [3.8, 4) is 0 Å². The third kappa shape index (κ3) is 2.19. The topological polar surface area (TPSA) is 77.8 Å². The molecule has 2 N–H and O–H groups in total. The zero-order valence-electron chi connectivity index (χ0n) is 6.51. The van der Waals surface area contributed by atoms with Crippen LogP contribution in [-0.2, 0) is 5.75 Å². The fraction of sp³-hybridized carbons (Fsp3) is 0.167. The number of rotatable bonds is 3. The molecule has 13 heavy (non-hydrogen) atoms. The van der Waals surface area contributed by atoms with Gasteiger partial charge >= 0.3 is 0 Å². The van der Waals surface area contributed by atoms with Crippen molar-refractivity contribution in [2.24, 2.45) is 0 Å². The van der Waals surface area contributed by atoms with E-state index >= 15 is 0 Å². The quantitative estimate of drug-likeness (QED) is 0.778. The first-order valence-electron chi connectivity index (χ1n) is 3.44. The van der Waals surface area contributed by atoms with Crippen LogP contribution in [0.2, 0.25) is 0 Å². The first kappa shape index (κ1) is 8.52. The molecule has 0 aliphatic rings. The Kier molecular flexibility index (Phi) is 2.46. The monoisotopic (exact) mass is 214 g/mol. The SMILES string of the molecule is Nc1ncc(SCc2ncno2)s1. The van der Waals surface area contributed by atoms with E-state index in [0.29, 0.717) is 16.8 Å². The van der Waals surface area contributed by atoms with Crippen LogP contribution in [0.25, 0.3) is 0 Å². The van der Waals surface area contributed by atoms with Gasteiger partial charge in [0, 0.05) is 0 Å². The Bertz CT molecular complexity index is 372. The number of thiazole rings is 1. The van der Waals surface area contributed by atoms with Gasteiger partial charge < -0.3 is 10.3 Å². The molecule has 0 unspecified atom stereocenters. The average molecular weight is 214 g/mol. The van der Waals surface area contributed by atoms with Crippen LogP contribution in [0, 0.1) is 0 Å². The third-order valence-electron chi connectivity index (χ3n) is 1.25. The Morgan fingerprint density at radius 1 is 1.54 bits per heavy atom. The smallest absolute Gasteiger partial charge is 0.236 e. The molecule has 2 aromatic rings. The number of hydrogen-bond donors (Lipinski definition) is 1. The van der Waals surface area contributed by atoms with Crippen LogP contribution < -0.4 is 5.73 Å². The van der Waals surface area contributed by atoms with Crippen LogP contribution in [0.15, 0.2) is 21.3 Å². The minimum atomic E-state index is 0.577. The van der Waals surface area contributed by atoms with Crippen LogP contribution in [-0.4, -0.2) is 15.1 Å². The van der Waals surface area contributed by atoms with Crippen LogP contribution >= 0.6 is 23.1 Å². The summed E-state index contributed by atoms with van der Waals surface area (Å²) < 4.78 is 5.88. The first-order chi connectivity index (χ1) is 6.34. The van der Waals surface area contributed by atoms with E-state index in [4.69, 9.17) is 10.3 Å². The van der Waals surface area contributed by atoms with Crippen LogP contribution in [0.3, 0.4) is 0 Å². The highest BCUT2D eigenvalue weighted by Crippen LogP contribution is 2.28. The number of nitrogen functional groups attached to an aromatic ring is 1. The Morgan fingerprint density at radius 3 is 3.08 bits per heavy atom. The zero-order chi connectivity index (χ0) is 9.10. The molecule has 2 heterocycles. The van der Waals surface area contributed by atoms with Gasteiger partial charge in [-0.3, -0.25) is 0 Å². The molecule has 0 saturated heterocycles. The highest BCUT2D eigenvalue weighted by Gasteiger charge is 2.03. The summed E-state index contributed by atoms with van der Waals surface area (Å²) in [6.45, 7) is 0. The van der Waals surface area contributed by atoms with E-state index in [1.807, 2.05) is 0 Å². The number of nitrogens with zero attached hydrogens (tertiary/aromatic N) is 3. The van der Waals surface area contributed by atoms with Gasteiger partial charge in [-0.15, -0.1) is 11.8 Å². The van der Waals surface area contributed by atoms with Crippen molar-refractivity contribution in [3.05, 3.63) is 18.4 Å². The summed E-state index contributed by atoms with van der Waals surface area (Å²) in [4.78, 5) is 7.82. The predicted octanol–water partition coefficient (Wildman–Crippen LogP) is 1.40. The molecule has 0 radical (unpaired) electrons. The van der Waals surface area contributed by atoms with E-state index in [1.165, 1.54) is 17.7 Å². The van der Waals surface area contributed by atoms with Crippen LogP contribution in [0.1, 0.15) is 5.89 Å². The molecule has 7 heteroatoms. The maximum Gasteiger partial charge on any atom is 0.236 e. The Hall–Kier alpha value is -1.08. The minimum Gasteiger partial charge on any atom is -0.375 e. The fourth-order valence-corrected chi connectivity index (χ4v) is 2.34. The van der Waals surface area contributed by atoms with Gasteiger partial charge in [0.25, 0.3) is 0 Å². The van der Waals surface area contributed by atoms with Crippen molar-refractivity contribution < 1.29 is 4.52 Å². The van der Waals surface area contributed by atoms with E-state index < -0.39 is 0 Å². The average Bonchev–Trinajstić information content (AvgIpc) is 2.71. The molecule has 68 valence electrons. The normalized spacial score (nSPS) is 10.5. The Balaban J connectivity index is 1.93. The fourth-order valence-electron chi connectivity index (χ4n) is 0.731. The standard InChI is InChI=1S/C6H6N4OS2/c7-6-8-1-5(13-6)12-2-4-9-3-10-11-4/h1,3H,2H2,(H2,7,8). The molecular formula is C6H6N4OS2. The Morgan fingerprint density at radius 2 is 2.46 bits per heavy atom. The summed E-state index contributed by atoms with van der Waals surface area (Å²) in [7, 11) is 0. The molecule has 0 atom stereocenters. The summed E-state index contributed by atoms with van der Waals surface area (Å²) in [6.07, 6.45) is 3.12. The molecule has 0 saturated carbocycles. The maximum absolute atomic E-state index is 5.47. The molecule has 0 aromatic carbocycles. The summed E-state index contributed by atoms with van der Waals surface area (Å²) >= 11 is 3.03. The van der Waals surface area contributed by atoms with E-state index in [9.17, 15) is 0 Å². The summed E-state index contributed by atoms with van der Waals surface area (Å²) in [5.74, 6) is 1.26. The first-order valence-corrected chi connectivity index (χ1v) is 5.24. The minimum absolute atomic E-state index is 0.577. The van der Waals surface area contributed by atoms with E-state index in [0.717, 1.165) is 4.21 Å². The number of nitrogens with two attached hydrogens (primary N) is 1. The van der Waals surface area contributed by atoms with Crippen molar-refractivity contribution in [2.75, 3.05) is 5.73 Å². The highest BCUT2D eigenvalue weighted by atomic mass is 32.2. The molecule has 0 aliphatic heterocycles. The van der Waals surface area contributed by atoms with Crippen molar-refractivity contribution in [1.82, 2.24) is 15.1 Å². The van der Waals surface area contributed by atoms with E-state index in [2.05, 4.69) is 15.1 Å². The second kappa shape index (κ2) is 3.75. The van der Waals surface area contributed by atoms with Crippen molar-refractivity contribution >= 4 is 28.2 Å². The van der Waals surface area contributed by atoms with E-state index in [-0.39, 0.29) is 0 Å². The van der Waals surface area contributed by atoms with Gasteiger partial charge in [0.05, 0.1) is 16.2 Å². The lowest BCUT2D eigenvalue weighted by Crippen LogP contribution is -1.77. The molecule has 0 amide bonds. The van der Waals surface area contributed by atoms with E-state index in [1.54, 1.807) is 18.0 Å². The lowest BCUT2D eigenvalue weighted by molar-refractivity contribution is 0.390. The van der Waals surface area contributed by atoms with Gasteiger partial charge in [0.1, 0.15) is 0 Å². The predicted molar refractivity (Wildman–Crippen MR) is 50.4 cm³/mol. The molecule has 0 fully saturated rings. The number of aromatic nitrogens is 3. The third-order valence-corrected chi connectivity index (χ3v) is 3.25. The van der Waals surface area contributed by atoms with Gasteiger partial charge in [0.15, 0.2) is 11.5 Å². The molecule has 0 aliphatic carbocycles. The summed E-state index contributed by atoms with van der Waals surface area (Å²) in [5.41, 5.74) is 5.47. The molecule has 0 bridgehead atoms. The van der Waals surface area contributed by atoms with Crippen LogP contribution in [0.4, 0.5) is 5.13 Å². The van der Waals surface area contributed by atoms with Gasteiger partial charge in [-0.1, -0.05) is 16.5 Å². The lowest BCUT2D eigenvalue weighted by Gasteiger charge is -1.89. The summed E-state index contributed by atoms with van der Waals surface area (Å²) in [5, 5.41) is 4.08. The van der Waals surface area contributed by atoms with Gasteiger partial charge in [-0.25, -0.2) is 4.98 Å². The number of hydrogen-bond acceptors (Lipinski definition) is 7. The van der Waals surface area contributed by atoms with Gasteiger partial charge in [-0.05, 0) is 0 Å². The second-order valence-corrected chi connectivity index (χ2v) is 4.48. The lowest BCUT2D eigenvalue weighted by atomic mass is 10.8. The Labute approximate surface area is 82.4 Å². The van der Waals surface area contributed by atoms with Gasteiger partial charge in [-0.2, -0.15) is 4.98 Å². The van der Waals surface area contributed by atoms with Gasteiger partial charge in [0.2, 0.25) is 5.89 Å². The number of thioether (sulfide) groups is 1. The van der Waals surface area contributed by atoms with Crippen molar-refractivity contribution in [3.63, 3.8) is 0 Å². The zero-order valence-corrected chi connectivity index (χ0v) is 8.14. The molecule has 0 spiro atoms. The second-order valence-electron chi connectivity index (χ2n) is 2.14. The van der Waals surface area contributed by atoms with Crippen LogP contribution in [0.5, 0.6) is 0 Å². The molecule has 5 nitrogen and oxygen atoms in total. The largest absolute Gasteiger partial charge is 0.375 e. The van der Waals surface area contributed by atoms with Crippen molar-refractivity contribution in [1.29, 1.82) is 0 Å². The molecule has 2 aromatic heterocycles. The summed E-state index contributed by atoms with van der Waals surface area (Å²) in [6, 6.07) is 0. The van der Waals surface area contributed by atoms with Crippen molar-refractivity contribution in [2.45, 2.75) is 9.96 Å². The number of anilines is 1.